The molecule has 1 fully saturated rings. The Bertz CT molecular complexity index is 463. The van der Waals surface area contributed by atoms with Gasteiger partial charge in [-0.3, -0.25) is 0 Å². The highest BCUT2D eigenvalue weighted by Crippen LogP contribution is 2.32. The van der Waals surface area contributed by atoms with Gasteiger partial charge in [-0.2, -0.15) is 5.26 Å². The molecule has 0 amide bonds. The Morgan fingerprint density at radius 2 is 2.22 bits per heavy atom. The molecule has 4 heteroatoms. The summed E-state index contributed by atoms with van der Waals surface area (Å²) in [4.78, 5) is 3.16. The largest absolute Gasteiger partial charge is 0.393 e. The van der Waals surface area contributed by atoms with Gasteiger partial charge in [0.25, 0.3) is 0 Å². The van der Waals surface area contributed by atoms with Gasteiger partial charge in [0.15, 0.2) is 0 Å². The van der Waals surface area contributed by atoms with Gasteiger partial charge in [0.05, 0.1) is 17.4 Å². The smallest absolute Gasteiger partial charge is 0.102 e. The van der Waals surface area contributed by atoms with Crippen LogP contribution in [0.2, 0.25) is 0 Å². The van der Waals surface area contributed by atoms with Gasteiger partial charge in [-0.05, 0) is 37.1 Å². The van der Waals surface area contributed by atoms with Crippen LogP contribution in [0.15, 0.2) is 23.1 Å². The van der Waals surface area contributed by atoms with E-state index in [2.05, 4.69) is 11.0 Å². The second kappa shape index (κ2) is 5.64. The van der Waals surface area contributed by atoms with Gasteiger partial charge >= 0.3 is 0 Å². The lowest BCUT2D eigenvalue weighted by atomic mass is 9.82. The Morgan fingerprint density at radius 1 is 1.50 bits per heavy atom. The molecule has 3 nitrogen and oxygen atoms in total. The van der Waals surface area contributed by atoms with Gasteiger partial charge in [-0.1, -0.05) is 6.07 Å². The fourth-order valence-electron chi connectivity index (χ4n) is 2.46. The zero-order valence-corrected chi connectivity index (χ0v) is 11.6. The number of hydrogen-bond donors (Lipinski definition) is 1. The maximum atomic E-state index is 9.31. The van der Waals surface area contributed by atoms with Crippen LogP contribution in [-0.2, 0) is 0 Å². The van der Waals surface area contributed by atoms with Crippen molar-refractivity contribution in [2.45, 2.75) is 23.8 Å². The second-order valence-electron chi connectivity index (χ2n) is 4.84. The lowest BCUT2D eigenvalue weighted by Gasteiger charge is -2.35. The molecule has 0 spiro atoms. The highest BCUT2D eigenvalue weighted by atomic mass is 32.2. The molecule has 1 saturated carbocycles. The van der Waals surface area contributed by atoms with E-state index in [4.69, 9.17) is 0 Å². The van der Waals surface area contributed by atoms with Crippen LogP contribution in [0.25, 0.3) is 0 Å². The first kappa shape index (κ1) is 13.3. The van der Waals surface area contributed by atoms with Crippen LogP contribution in [-0.4, -0.2) is 31.1 Å². The molecular formula is C14H18N2OS. The van der Waals surface area contributed by atoms with E-state index in [0.717, 1.165) is 35.5 Å². The summed E-state index contributed by atoms with van der Waals surface area (Å²) in [5.41, 5.74) is 1.75. The van der Waals surface area contributed by atoms with Crippen LogP contribution in [0.4, 0.5) is 5.69 Å². The molecular weight excluding hydrogens is 244 g/mol. The van der Waals surface area contributed by atoms with Crippen LogP contribution in [0.1, 0.15) is 18.4 Å². The van der Waals surface area contributed by atoms with Crippen LogP contribution in [0.5, 0.6) is 0 Å². The molecule has 1 aliphatic rings. The molecule has 0 heterocycles. The van der Waals surface area contributed by atoms with Crippen molar-refractivity contribution in [3.05, 3.63) is 23.8 Å². The van der Waals surface area contributed by atoms with Crippen molar-refractivity contribution in [1.82, 2.24) is 0 Å². The predicted octanol–water partition coefficient (Wildman–Crippen LogP) is 2.49. The minimum Gasteiger partial charge on any atom is -0.393 e. The second-order valence-corrected chi connectivity index (χ2v) is 5.69. The van der Waals surface area contributed by atoms with Crippen LogP contribution in [0, 0.1) is 17.2 Å². The Morgan fingerprint density at radius 3 is 2.78 bits per heavy atom. The Hall–Kier alpha value is -1.18. The molecule has 0 saturated heterocycles. The summed E-state index contributed by atoms with van der Waals surface area (Å²) in [5, 5.41) is 18.6. The number of rotatable bonds is 4. The van der Waals surface area contributed by atoms with E-state index >= 15 is 0 Å². The molecule has 0 aromatic heterocycles. The zero-order valence-electron chi connectivity index (χ0n) is 10.8. The maximum absolute atomic E-state index is 9.31. The summed E-state index contributed by atoms with van der Waals surface area (Å²) >= 11 is 1.60. The molecule has 1 aromatic rings. The lowest BCUT2D eigenvalue weighted by molar-refractivity contribution is 0.0465. The summed E-state index contributed by atoms with van der Waals surface area (Å²) < 4.78 is 0. The third kappa shape index (κ3) is 2.63. The number of nitrogens with zero attached hydrogens (tertiary/aromatic N) is 2. The molecule has 0 atom stereocenters. The molecule has 1 aromatic carbocycles. The first-order valence-corrected chi connectivity index (χ1v) is 7.34. The molecule has 1 aliphatic carbocycles. The number of nitriles is 1. The SMILES string of the molecule is CSc1cccc(N(C)CC2CC(O)C2)c1C#N. The van der Waals surface area contributed by atoms with Crippen molar-refractivity contribution in [1.29, 1.82) is 5.26 Å². The van der Waals surface area contributed by atoms with E-state index in [1.165, 1.54) is 0 Å². The molecule has 0 radical (unpaired) electrons. The highest BCUT2D eigenvalue weighted by Gasteiger charge is 2.28. The van der Waals surface area contributed by atoms with Gasteiger partial charge in [0.1, 0.15) is 6.07 Å². The van der Waals surface area contributed by atoms with Gasteiger partial charge in [0.2, 0.25) is 0 Å². The molecule has 18 heavy (non-hydrogen) atoms. The number of aliphatic hydroxyl groups is 1. The number of aliphatic hydroxyl groups excluding tert-OH is 1. The van der Waals surface area contributed by atoms with Gasteiger partial charge < -0.3 is 10.0 Å². The number of thioether (sulfide) groups is 1. The van der Waals surface area contributed by atoms with E-state index in [0.29, 0.717) is 5.92 Å². The molecule has 1 N–H and O–H groups in total. The van der Waals surface area contributed by atoms with Crippen LogP contribution in [0.3, 0.4) is 0 Å². The summed E-state index contributed by atoms with van der Waals surface area (Å²) in [6, 6.07) is 8.27. The lowest BCUT2D eigenvalue weighted by Crippen LogP contribution is -2.37. The van der Waals surface area contributed by atoms with E-state index in [1.54, 1.807) is 11.8 Å². The van der Waals surface area contributed by atoms with Crippen molar-refractivity contribution in [3.63, 3.8) is 0 Å². The van der Waals surface area contributed by atoms with E-state index < -0.39 is 0 Å². The highest BCUT2D eigenvalue weighted by molar-refractivity contribution is 7.98. The molecule has 0 bridgehead atoms. The van der Waals surface area contributed by atoms with Crippen molar-refractivity contribution in [2.75, 3.05) is 24.7 Å². The molecule has 96 valence electrons. The summed E-state index contributed by atoms with van der Waals surface area (Å²) in [7, 11) is 2.02. The van der Waals surface area contributed by atoms with Crippen LogP contribution < -0.4 is 4.90 Å². The van der Waals surface area contributed by atoms with Gasteiger partial charge in [-0.25, -0.2) is 0 Å². The number of benzene rings is 1. The van der Waals surface area contributed by atoms with Crippen molar-refractivity contribution in [3.8, 4) is 6.07 Å². The minimum absolute atomic E-state index is 0.114. The first-order chi connectivity index (χ1) is 8.65. The average molecular weight is 262 g/mol. The fraction of sp³-hybridized carbons (Fsp3) is 0.500. The average Bonchev–Trinajstić information content (AvgIpc) is 2.35. The normalized spacial score (nSPS) is 22.1. The van der Waals surface area contributed by atoms with E-state index in [-0.39, 0.29) is 6.10 Å². The molecule has 2 rings (SSSR count). The third-order valence-corrected chi connectivity index (χ3v) is 4.27. The molecule has 0 unspecified atom stereocenters. The number of hydrogen-bond acceptors (Lipinski definition) is 4. The summed E-state index contributed by atoms with van der Waals surface area (Å²) in [6.45, 7) is 0.906. The fourth-order valence-corrected chi connectivity index (χ4v) is 3.02. The summed E-state index contributed by atoms with van der Waals surface area (Å²) in [6.07, 6.45) is 3.64. The Balaban J connectivity index is 2.14. The Labute approximate surface area is 112 Å². The number of anilines is 1. The third-order valence-electron chi connectivity index (χ3n) is 3.49. The monoisotopic (exact) mass is 262 g/mol. The van der Waals surface area contributed by atoms with Gasteiger partial charge in [-0.15, -0.1) is 11.8 Å². The van der Waals surface area contributed by atoms with Crippen molar-refractivity contribution >= 4 is 17.4 Å². The van der Waals surface area contributed by atoms with E-state index in [1.807, 2.05) is 31.5 Å². The quantitative estimate of drug-likeness (QED) is 0.847. The molecule has 0 aliphatic heterocycles. The van der Waals surface area contributed by atoms with Crippen LogP contribution >= 0.6 is 11.8 Å². The standard InChI is InChI=1S/C14H18N2OS/c1-16(9-10-6-11(17)7-10)13-4-3-5-14(18-2)12(13)8-15/h3-5,10-11,17H,6-7,9H2,1-2H3. The van der Waals surface area contributed by atoms with E-state index in [9.17, 15) is 10.4 Å². The topological polar surface area (TPSA) is 47.3 Å². The van der Waals surface area contributed by atoms with Crippen molar-refractivity contribution in [2.24, 2.45) is 5.92 Å². The zero-order chi connectivity index (χ0) is 13.1. The minimum atomic E-state index is -0.114. The Kier molecular flexibility index (Phi) is 4.15. The predicted molar refractivity (Wildman–Crippen MR) is 74.9 cm³/mol. The van der Waals surface area contributed by atoms with Gasteiger partial charge in [0, 0.05) is 18.5 Å². The maximum Gasteiger partial charge on any atom is 0.102 e. The summed E-state index contributed by atoms with van der Waals surface area (Å²) in [5.74, 6) is 0.550. The van der Waals surface area contributed by atoms with Crippen molar-refractivity contribution < 1.29 is 5.11 Å². The first-order valence-electron chi connectivity index (χ1n) is 6.12.